The number of nitrogens with zero attached hydrogens (tertiary/aromatic N) is 2. The minimum atomic E-state index is -0.259. The number of benzene rings is 2. The summed E-state index contributed by atoms with van der Waals surface area (Å²) in [7, 11) is 0. The molecule has 1 N–H and O–H groups in total. The highest BCUT2D eigenvalue weighted by Gasteiger charge is 2.21. The molecule has 2 aromatic rings. The molecular weight excluding hydrogens is 446 g/mol. The van der Waals surface area contributed by atoms with Crippen molar-refractivity contribution in [2.75, 3.05) is 56.2 Å². The first kappa shape index (κ1) is 26.2. The lowest BCUT2D eigenvalue weighted by molar-refractivity contribution is -0.131. The van der Waals surface area contributed by atoms with E-state index in [1.54, 1.807) is 12.1 Å². The first-order valence-corrected chi connectivity index (χ1v) is 12.5. The Kier molecular flexibility index (Phi) is 9.64. The van der Waals surface area contributed by atoms with Crippen molar-refractivity contribution < 1.29 is 23.8 Å². The van der Waals surface area contributed by atoms with Gasteiger partial charge in [-0.2, -0.15) is 0 Å². The molecule has 35 heavy (non-hydrogen) atoms. The lowest BCUT2D eigenvalue weighted by Gasteiger charge is -2.36. The van der Waals surface area contributed by atoms with E-state index in [1.807, 2.05) is 56.9 Å². The Balaban J connectivity index is 1.68. The Bertz CT molecular complexity index is 958. The van der Waals surface area contributed by atoms with Crippen molar-refractivity contribution in [2.45, 2.75) is 40.5 Å². The summed E-state index contributed by atoms with van der Waals surface area (Å²) in [6.07, 6.45) is 1.49. The van der Waals surface area contributed by atoms with Crippen LogP contribution in [0.2, 0.25) is 0 Å². The summed E-state index contributed by atoms with van der Waals surface area (Å²) in [5.74, 6) is 1.45. The highest BCUT2D eigenvalue weighted by Crippen LogP contribution is 2.39. The van der Waals surface area contributed by atoms with E-state index in [-0.39, 0.29) is 11.8 Å². The number of amides is 2. The Morgan fingerprint density at radius 3 is 1.91 bits per heavy atom. The maximum atomic E-state index is 13.0. The second-order valence-electron chi connectivity index (χ2n) is 8.22. The van der Waals surface area contributed by atoms with E-state index in [9.17, 15) is 9.59 Å². The van der Waals surface area contributed by atoms with Crippen LogP contribution < -0.4 is 24.4 Å². The number of rotatable bonds is 11. The van der Waals surface area contributed by atoms with E-state index in [4.69, 9.17) is 14.2 Å². The van der Waals surface area contributed by atoms with Gasteiger partial charge in [0, 0.05) is 49.5 Å². The van der Waals surface area contributed by atoms with Crippen LogP contribution in [-0.4, -0.2) is 62.7 Å². The first-order chi connectivity index (χ1) is 17.0. The number of anilines is 2. The first-order valence-electron chi connectivity index (χ1n) is 12.5. The van der Waals surface area contributed by atoms with E-state index in [1.165, 1.54) is 0 Å². The van der Waals surface area contributed by atoms with Crippen LogP contribution >= 0.6 is 0 Å². The fourth-order valence-electron chi connectivity index (χ4n) is 4.06. The molecule has 0 radical (unpaired) electrons. The second-order valence-corrected chi connectivity index (χ2v) is 8.22. The van der Waals surface area contributed by atoms with Crippen LogP contribution in [0.5, 0.6) is 17.2 Å². The molecule has 2 aromatic carbocycles. The third-order valence-corrected chi connectivity index (χ3v) is 5.76. The molecule has 2 amide bonds. The summed E-state index contributed by atoms with van der Waals surface area (Å²) in [6, 6.07) is 11.1. The summed E-state index contributed by atoms with van der Waals surface area (Å²) in [5.41, 5.74) is 2.20. The Morgan fingerprint density at radius 2 is 1.40 bits per heavy atom. The van der Waals surface area contributed by atoms with Crippen molar-refractivity contribution in [1.29, 1.82) is 0 Å². The summed E-state index contributed by atoms with van der Waals surface area (Å²) >= 11 is 0. The number of hydrogen-bond donors (Lipinski definition) is 1. The average Bonchev–Trinajstić information content (AvgIpc) is 2.87. The molecule has 0 atom stereocenters. The monoisotopic (exact) mass is 483 g/mol. The number of carbonyl (C=O) groups is 2. The number of nitrogens with one attached hydrogen (secondary N) is 1. The number of ether oxygens (including phenoxy) is 3. The van der Waals surface area contributed by atoms with Crippen molar-refractivity contribution in [3.05, 3.63) is 42.0 Å². The molecule has 1 heterocycles. The van der Waals surface area contributed by atoms with Crippen LogP contribution in [0, 0.1) is 0 Å². The molecule has 0 aliphatic carbocycles. The van der Waals surface area contributed by atoms with Gasteiger partial charge in [-0.3, -0.25) is 9.59 Å². The molecule has 1 saturated heterocycles. The molecule has 8 nitrogen and oxygen atoms in total. The van der Waals surface area contributed by atoms with Gasteiger partial charge in [0.05, 0.1) is 19.8 Å². The van der Waals surface area contributed by atoms with Gasteiger partial charge in [-0.15, -0.1) is 0 Å². The second kappa shape index (κ2) is 12.9. The Morgan fingerprint density at radius 1 is 0.829 bits per heavy atom. The van der Waals surface area contributed by atoms with E-state index >= 15 is 0 Å². The summed E-state index contributed by atoms with van der Waals surface area (Å²) < 4.78 is 17.2. The standard InChI is InChI=1S/C27H37N3O5/c1-5-9-25(31)30-16-14-29(15-17-30)22-12-10-21(11-13-22)28-27(32)20-18-23(33-6-2)26(35-8-4)24(19-20)34-7-3/h10-13,18-19H,5-9,14-17H2,1-4H3,(H,28,32). The van der Waals surface area contributed by atoms with Gasteiger partial charge >= 0.3 is 0 Å². The summed E-state index contributed by atoms with van der Waals surface area (Å²) in [5, 5.41) is 2.95. The highest BCUT2D eigenvalue weighted by molar-refractivity contribution is 6.05. The van der Waals surface area contributed by atoms with Gasteiger partial charge in [-0.05, 0) is 63.6 Å². The molecule has 190 valence electrons. The molecule has 1 fully saturated rings. The number of piperazine rings is 1. The van der Waals surface area contributed by atoms with Crippen LogP contribution in [0.15, 0.2) is 36.4 Å². The van der Waals surface area contributed by atoms with Crippen molar-refractivity contribution in [3.8, 4) is 17.2 Å². The smallest absolute Gasteiger partial charge is 0.255 e. The molecule has 8 heteroatoms. The highest BCUT2D eigenvalue weighted by atomic mass is 16.5. The zero-order valence-electron chi connectivity index (χ0n) is 21.3. The fourth-order valence-corrected chi connectivity index (χ4v) is 4.06. The van der Waals surface area contributed by atoms with Crippen LogP contribution in [0.3, 0.4) is 0 Å². The van der Waals surface area contributed by atoms with Gasteiger partial charge in [0.1, 0.15) is 0 Å². The Labute approximate surface area is 208 Å². The van der Waals surface area contributed by atoms with Crippen LogP contribution in [-0.2, 0) is 4.79 Å². The number of hydrogen-bond acceptors (Lipinski definition) is 6. The third kappa shape index (κ3) is 6.81. The minimum absolute atomic E-state index is 0.236. The molecular formula is C27H37N3O5. The van der Waals surface area contributed by atoms with Crippen LogP contribution in [0.4, 0.5) is 11.4 Å². The van der Waals surface area contributed by atoms with E-state index in [0.29, 0.717) is 54.7 Å². The largest absolute Gasteiger partial charge is 0.490 e. The lowest BCUT2D eigenvalue weighted by Crippen LogP contribution is -2.48. The average molecular weight is 484 g/mol. The molecule has 1 aliphatic rings. The molecule has 3 rings (SSSR count). The van der Waals surface area contributed by atoms with Crippen LogP contribution in [0.25, 0.3) is 0 Å². The molecule has 0 aromatic heterocycles. The van der Waals surface area contributed by atoms with Crippen molar-refractivity contribution in [3.63, 3.8) is 0 Å². The predicted octanol–water partition coefficient (Wildman–Crippen LogP) is 4.58. The third-order valence-electron chi connectivity index (χ3n) is 5.76. The normalized spacial score (nSPS) is 13.4. The number of carbonyl (C=O) groups excluding carboxylic acids is 2. The van der Waals surface area contributed by atoms with Crippen LogP contribution in [0.1, 0.15) is 50.9 Å². The predicted molar refractivity (Wildman–Crippen MR) is 138 cm³/mol. The van der Waals surface area contributed by atoms with E-state index in [0.717, 1.165) is 38.3 Å². The van der Waals surface area contributed by atoms with Gasteiger partial charge < -0.3 is 29.3 Å². The van der Waals surface area contributed by atoms with Crippen molar-refractivity contribution in [2.24, 2.45) is 0 Å². The maximum Gasteiger partial charge on any atom is 0.255 e. The van der Waals surface area contributed by atoms with Crippen molar-refractivity contribution >= 4 is 23.2 Å². The summed E-state index contributed by atoms with van der Waals surface area (Å²) in [4.78, 5) is 29.3. The summed E-state index contributed by atoms with van der Waals surface area (Å²) in [6.45, 7) is 12.1. The van der Waals surface area contributed by atoms with Gasteiger partial charge in [-0.25, -0.2) is 0 Å². The SMILES string of the molecule is CCCC(=O)N1CCN(c2ccc(NC(=O)c3cc(OCC)c(OCC)c(OCC)c3)cc2)CC1. The van der Waals surface area contributed by atoms with Gasteiger partial charge in [0.25, 0.3) is 5.91 Å². The van der Waals surface area contributed by atoms with Gasteiger partial charge in [0.2, 0.25) is 11.7 Å². The molecule has 1 aliphatic heterocycles. The van der Waals surface area contributed by atoms with Crippen molar-refractivity contribution in [1.82, 2.24) is 4.90 Å². The minimum Gasteiger partial charge on any atom is -0.490 e. The fraction of sp³-hybridized carbons (Fsp3) is 0.481. The van der Waals surface area contributed by atoms with Gasteiger partial charge in [0.15, 0.2) is 11.5 Å². The Hall–Kier alpha value is -3.42. The lowest BCUT2D eigenvalue weighted by atomic mass is 10.1. The zero-order chi connectivity index (χ0) is 25.2. The maximum absolute atomic E-state index is 13.0. The molecule has 0 bridgehead atoms. The topological polar surface area (TPSA) is 80.3 Å². The van der Waals surface area contributed by atoms with E-state index in [2.05, 4.69) is 10.2 Å². The molecule has 0 unspecified atom stereocenters. The zero-order valence-corrected chi connectivity index (χ0v) is 21.3. The van der Waals surface area contributed by atoms with E-state index < -0.39 is 0 Å². The van der Waals surface area contributed by atoms with Gasteiger partial charge in [-0.1, -0.05) is 6.92 Å². The molecule has 0 saturated carbocycles. The quantitative estimate of drug-likeness (QED) is 0.504. The molecule has 0 spiro atoms.